The van der Waals surface area contributed by atoms with E-state index >= 15 is 0 Å². The summed E-state index contributed by atoms with van der Waals surface area (Å²) in [5, 5.41) is 3.66. The lowest BCUT2D eigenvalue weighted by molar-refractivity contribution is 0.0241. The van der Waals surface area contributed by atoms with Gasteiger partial charge >= 0.3 is 0 Å². The highest BCUT2D eigenvalue weighted by atomic mass is 16.5. The molecule has 20 heavy (non-hydrogen) atoms. The van der Waals surface area contributed by atoms with Gasteiger partial charge in [0.15, 0.2) is 0 Å². The van der Waals surface area contributed by atoms with Gasteiger partial charge in [-0.1, -0.05) is 57.0 Å². The predicted octanol–water partition coefficient (Wildman–Crippen LogP) is 3.76. The third kappa shape index (κ3) is 2.91. The Labute approximate surface area is 123 Å². The zero-order valence-electron chi connectivity index (χ0n) is 13.2. The van der Waals surface area contributed by atoms with Crippen LogP contribution in [0.25, 0.3) is 0 Å². The molecule has 0 radical (unpaired) electrons. The first-order valence-electron chi connectivity index (χ1n) is 8.09. The molecule has 0 aliphatic carbocycles. The van der Waals surface area contributed by atoms with Crippen LogP contribution < -0.4 is 5.32 Å². The van der Waals surface area contributed by atoms with Crippen molar-refractivity contribution in [2.75, 3.05) is 20.3 Å². The van der Waals surface area contributed by atoms with E-state index in [0.717, 1.165) is 32.0 Å². The summed E-state index contributed by atoms with van der Waals surface area (Å²) < 4.78 is 5.66. The van der Waals surface area contributed by atoms with E-state index in [-0.39, 0.29) is 5.41 Å². The van der Waals surface area contributed by atoms with Gasteiger partial charge in [-0.2, -0.15) is 0 Å². The average molecular weight is 275 g/mol. The van der Waals surface area contributed by atoms with E-state index in [1.807, 2.05) is 0 Å². The standard InChI is InChI=1S/C18H29NO/c1-4-15(5-2)17(19-3)18(11-13-20-14-12-18)16-9-7-6-8-10-16/h6-10,15,17,19H,4-5,11-14H2,1-3H3. The van der Waals surface area contributed by atoms with Crippen LogP contribution in [0.1, 0.15) is 45.1 Å². The summed E-state index contributed by atoms with van der Waals surface area (Å²) in [5.74, 6) is 0.721. The normalized spacial score (nSPS) is 20.0. The zero-order chi connectivity index (χ0) is 14.4. The van der Waals surface area contributed by atoms with Gasteiger partial charge in [0.1, 0.15) is 0 Å². The molecule has 0 bridgehead atoms. The summed E-state index contributed by atoms with van der Waals surface area (Å²) in [5.41, 5.74) is 1.71. The maximum absolute atomic E-state index is 5.66. The Morgan fingerprint density at radius 3 is 2.20 bits per heavy atom. The molecular formula is C18H29NO. The van der Waals surface area contributed by atoms with Crippen LogP contribution in [-0.2, 0) is 10.2 Å². The van der Waals surface area contributed by atoms with Crippen LogP contribution in [0.15, 0.2) is 30.3 Å². The van der Waals surface area contributed by atoms with Gasteiger partial charge in [0.2, 0.25) is 0 Å². The molecule has 0 amide bonds. The molecule has 0 spiro atoms. The van der Waals surface area contributed by atoms with E-state index in [1.165, 1.54) is 18.4 Å². The molecule has 1 heterocycles. The van der Waals surface area contributed by atoms with Gasteiger partial charge in [-0.3, -0.25) is 0 Å². The Balaban J connectivity index is 2.40. The van der Waals surface area contributed by atoms with Gasteiger partial charge in [-0.15, -0.1) is 0 Å². The zero-order valence-corrected chi connectivity index (χ0v) is 13.2. The Morgan fingerprint density at radius 2 is 1.70 bits per heavy atom. The Bertz CT molecular complexity index is 380. The predicted molar refractivity (Wildman–Crippen MR) is 85.1 cm³/mol. The number of benzene rings is 1. The van der Waals surface area contributed by atoms with Crippen molar-refractivity contribution in [2.45, 2.75) is 51.0 Å². The second-order valence-corrected chi connectivity index (χ2v) is 5.98. The SMILES string of the molecule is CCC(CC)C(NC)C1(c2ccccc2)CCOCC1. The third-order valence-electron chi connectivity index (χ3n) is 5.16. The van der Waals surface area contributed by atoms with Crippen molar-refractivity contribution in [1.82, 2.24) is 5.32 Å². The van der Waals surface area contributed by atoms with Crippen LogP contribution in [0.4, 0.5) is 0 Å². The highest BCUT2D eigenvalue weighted by Crippen LogP contribution is 2.41. The highest BCUT2D eigenvalue weighted by molar-refractivity contribution is 5.29. The fraction of sp³-hybridized carbons (Fsp3) is 0.667. The molecule has 2 rings (SSSR count). The van der Waals surface area contributed by atoms with Crippen LogP contribution in [-0.4, -0.2) is 26.3 Å². The van der Waals surface area contributed by atoms with Gasteiger partial charge in [-0.25, -0.2) is 0 Å². The molecule has 1 fully saturated rings. The van der Waals surface area contributed by atoms with Crippen molar-refractivity contribution in [3.63, 3.8) is 0 Å². The molecule has 112 valence electrons. The van der Waals surface area contributed by atoms with Crippen molar-refractivity contribution < 1.29 is 4.74 Å². The molecule has 2 nitrogen and oxygen atoms in total. The maximum Gasteiger partial charge on any atom is 0.0475 e. The molecule has 0 aromatic heterocycles. The van der Waals surface area contributed by atoms with Crippen molar-refractivity contribution in [2.24, 2.45) is 5.92 Å². The van der Waals surface area contributed by atoms with E-state index < -0.39 is 0 Å². The minimum absolute atomic E-state index is 0.227. The fourth-order valence-electron chi connectivity index (χ4n) is 4.01. The highest BCUT2D eigenvalue weighted by Gasteiger charge is 2.43. The molecule has 1 aliphatic heterocycles. The molecular weight excluding hydrogens is 246 g/mol. The summed E-state index contributed by atoms with van der Waals surface area (Å²) in [6, 6.07) is 11.6. The molecule has 1 N–H and O–H groups in total. The molecule has 2 heteroatoms. The summed E-state index contributed by atoms with van der Waals surface area (Å²) >= 11 is 0. The molecule has 1 aromatic carbocycles. The van der Waals surface area contributed by atoms with Crippen molar-refractivity contribution in [3.05, 3.63) is 35.9 Å². The second-order valence-electron chi connectivity index (χ2n) is 5.98. The van der Waals surface area contributed by atoms with Gasteiger partial charge in [0.25, 0.3) is 0 Å². The molecule has 1 aliphatic rings. The minimum Gasteiger partial charge on any atom is -0.381 e. The number of hydrogen-bond acceptors (Lipinski definition) is 2. The van der Waals surface area contributed by atoms with Crippen LogP contribution >= 0.6 is 0 Å². The third-order valence-corrected chi connectivity index (χ3v) is 5.16. The Morgan fingerprint density at radius 1 is 1.10 bits per heavy atom. The Kier molecular flexibility index (Phi) is 5.62. The molecule has 1 saturated heterocycles. The smallest absolute Gasteiger partial charge is 0.0475 e. The number of hydrogen-bond donors (Lipinski definition) is 1. The quantitative estimate of drug-likeness (QED) is 0.853. The van der Waals surface area contributed by atoms with E-state index in [4.69, 9.17) is 4.74 Å². The van der Waals surface area contributed by atoms with Gasteiger partial charge in [-0.05, 0) is 31.4 Å². The lowest BCUT2D eigenvalue weighted by Gasteiger charge is -2.47. The Hall–Kier alpha value is -0.860. The first-order chi connectivity index (χ1) is 9.78. The van der Waals surface area contributed by atoms with Crippen LogP contribution in [0.5, 0.6) is 0 Å². The maximum atomic E-state index is 5.66. The summed E-state index contributed by atoms with van der Waals surface area (Å²) in [4.78, 5) is 0. The molecule has 1 unspecified atom stereocenters. The first kappa shape index (κ1) is 15.5. The van der Waals surface area contributed by atoms with E-state index in [2.05, 4.69) is 56.5 Å². The number of ether oxygens (including phenoxy) is 1. The number of likely N-dealkylation sites (N-methyl/N-ethyl adjacent to an activating group) is 1. The molecule has 0 saturated carbocycles. The van der Waals surface area contributed by atoms with Crippen LogP contribution in [0.3, 0.4) is 0 Å². The van der Waals surface area contributed by atoms with E-state index in [9.17, 15) is 0 Å². The molecule has 1 atom stereocenters. The molecule has 1 aromatic rings. The number of rotatable bonds is 6. The largest absolute Gasteiger partial charge is 0.381 e. The lowest BCUT2D eigenvalue weighted by atomic mass is 9.64. The average Bonchev–Trinajstić information content (AvgIpc) is 2.54. The topological polar surface area (TPSA) is 21.3 Å². The summed E-state index contributed by atoms with van der Waals surface area (Å²) in [6.07, 6.45) is 4.72. The first-order valence-corrected chi connectivity index (χ1v) is 8.09. The van der Waals surface area contributed by atoms with Crippen LogP contribution in [0.2, 0.25) is 0 Å². The van der Waals surface area contributed by atoms with E-state index in [1.54, 1.807) is 0 Å². The van der Waals surface area contributed by atoms with Crippen molar-refractivity contribution >= 4 is 0 Å². The monoisotopic (exact) mass is 275 g/mol. The lowest BCUT2D eigenvalue weighted by Crippen LogP contribution is -2.54. The van der Waals surface area contributed by atoms with Gasteiger partial charge in [0.05, 0.1) is 0 Å². The second kappa shape index (κ2) is 7.24. The van der Waals surface area contributed by atoms with Crippen molar-refractivity contribution in [3.8, 4) is 0 Å². The van der Waals surface area contributed by atoms with Crippen LogP contribution in [0, 0.1) is 5.92 Å². The summed E-state index contributed by atoms with van der Waals surface area (Å²) in [6.45, 7) is 6.40. The van der Waals surface area contributed by atoms with Gasteiger partial charge in [0, 0.05) is 24.7 Å². The fourth-order valence-corrected chi connectivity index (χ4v) is 4.01. The summed E-state index contributed by atoms with van der Waals surface area (Å²) in [7, 11) is 2.13. The van der Waals surface area contributed by atoms with Gasteiger partial charge < -0.3 is 10.1 Å². The number of nitrogens with one attached hydrogen (secondary N) is 1. The van der Waals surface area contributed by atoms with E-state index in [0.29, 0.717) is 6.04 Å². The van der Waals surface area contributed by atoms with Crippen molar-refractivity contribution in [1.29, 1.82) is 0 Å². The minimum atomic E-state index is 0.227.